The zero-order valence-corrected chi connectivity index (χ0v) is 18.9. The van der Waals surface area contributed by atoms with Crippen molar-refractivity contribution in [1.82, 2.24) is 5.32 Å². The summed E-state index contributed by atoms with van der Waals surface area (Å²) >= 11 is 0. The Morgan fingerprint density at radius 3 is 2.27 bits per heavy atom. The van der Waals surface area contributed by atoms with Crippen LogP contribution in [0, 0.1) is 5.92 Å². The molecule has 0 radical (unpaired) electrons. The molecule has 0 aliphatic carbocycles. The molecule has 4 heteroatoms. The predicted octanol–water partition coefficient (Wildman–Crippen LogP) is 5.52. The van der Waals surface area contributed by atoms with Crippen LogP contribution < -0.4 is 15.0 Å². The monoisotopic (exact) mass is 408 g/mol. The first-order chi connectivity index (χ1) is 14.5. The van der Waals surface area contributed by atoms with Crippen molar-refractivity contribution in [2.75, 3.05) is 18.0 Å². The summed E-state index contributed by atoms with van der Waals surface area (Å²) in [5.74, 6) is 1.50. The van der Waals surface area contributed by atoms with Gasteiger partial charge >= 0.3 is 0 Å². The van der Waals surface area contributed by atoms with E-state index in [0.29, 0.717) is 6.42 Å². The molecule has 1 fully saturated rings. The Hall–Kier alpha value is -2.49. The van der Waals surface area contributed by atoms with Crippen molar-refractivity contribution in [1.29, 1.82) is 0 Å². The molecule has 2 atom stereocenters. The Balaban J connectivity index is 1.56. The lowest BCUT2D eigenvalue weighted by atomic mass is 9.98. The highest BCUT2D eigenvalue weighted by Crippen LogP contribution is 2.25. The fraction of sp³-hybridized carbons (Fsp3) is 0.500. The van der Waals surface area contributed by atoms with E-state index in [0.717, 1.165) is 36.7 Å². The van der Waals surface area contributed by atoms with Gasteiger partial charge in [0.15, 0.2) is 6.10 Å². The van der Waals surface area contributed by atoms with Crippen LogP contribution in [-0.4, -0.2) is 25.1 Å². The number of ether oxygens (including phenoxy) is 1. The number of piperidine rings is 1. The fourth-order valence-electron chi connectivity index (χ4n) is 3.92. The van der Waals surface area contributed by atoms with Crippen LogP contribution in [0.1, 0.15) is 64.1 Å². The number of hydrogen-bond acceptors (Lipinski definition) is 3. The van der Waals surface area contributed by atoms with Gasteiger partial charge in [-0.3, -0.25) is 4.79 Å². The highest BCUT2D eigenvalue weighted by molar-refractivity contribution is 5.81. The number of carbonyl (C=O) groups excluding carboxylic acids is 1. The maximum atomic E-state index is 12.8. The van der Waals surface area contributed by atoms with Gasteiger partial charge in [-0.25, -0.2) is 0 Å². The standard InChI is InChI=1S/C26H36N2O2/c1-5-21-7-13-24(14-8-21)30-25(6-2)26(29)27-20(4)22-9-11-23(12-10-22)28-17-15-19(3)16-18-28/h7-14,19-20,25H,5-6,15-18H2,1-4H3,(H,27,29)/t20-,25+/m0/s1. The molecule has 4 nitrogen and oxygen atoms in total. The van der Waals surface area contributed by atoms with Crippen molar-refractivity contribution in [2.45, 2.75) is 65.5 Å². The molecule has 162 valence electrons. The van der Waals surface area contributed by atoms with E-state index in [1.54, 1.807) is 0 Å². The van der Waals surface area contributed by atoms with Crippen LogP contribution in [-0.2, 0) is 11.2 Å². The smallest absolute Gasteiger partial charge is 0.261 e. The minimum Gasteiger partial charge on any atom is -0.481 e. The molecule has 0 bridgehead atoms. The second-order valence-corrected chi connectivity index (χ2v) is 8.50. The summed E-state index contributed by atoms with van der Waals surface area (Å²) in [6, 6.07) is 16.5. The van der Waals surface area contributed by atoms with Gasteiger partial charge in [0.2, 0.25) is 0 Å². The van der Waals surface area contributed by atoms with E-state index in [1.807, 2.05) is 38.1 Å². The average Bonchev–Trinajstić information content (AvgIpc) is 2.78. The molecule has 1 heterocycles. The number of carbonyl (C=O) groups is 1. The van der Waals surface area contributed by atoms with Gasteiger partial charge in [-0.1, -0.05) is 45.0 Å². The van der Waals surface area contributed by atoms with Crippen molar-refractivity contribution in [2.24, 2.45) is 5.92 Å². The van der Waals surface area contributed by atoms with Gasteiger partial charge in [0.1, 0.15) is 5.75 Å². The number of amides is 1. The van der Waals surface area contributed by atoms with Crippen molar-refractivity contribution < 1.29 is 9.53 Å². The largest absolute Gasteiger partial charge is 0.481 e. The van der Waals surface area contributed by atoms with Crippen LogP contribution in [0.15, 0.2) is 48.5 Å². The van der Waals surface area contributed by atoms with E-state index in [9.17, 15) is 4.79 Å². The molecule has 1 saturated heterocycles. The second kappa shape index (κ2) is 10.5. The number of benzene rings is 2. The summed E-state index contributed by atoms with van der Waals surface area (Å²) in [4.78, 5) is 15.2. The van der Waals surface area contributed by atoms with E-state index in [1.165, 1.54) is 24.1 Å². The molecule has 1 amide bonds. The lowest BCUT2D eigenvalue weighted by Gasteiger charge is -2.32. The number of nitrogens with one attached hydrogen (secondary N) is 1. The second-order valence-electron chi connectivity index (χ2n) is 8.50. The first kappa shape index (κ1) is 22.2. The lowest BCUT2D eigenvalue weighted by Crippen LogP contribution is -2.39. The Morgan fingerprint density at radius 1 is 1.07 bits per heavy atom. The Labute approximate surface area is 181 Å². The number of aryl methyl sites for hydroxylation is 1. The summed E-state index contributed by atoms with van der Waals surface area (Å²) in [7, 11) is 0. The van der Waals surface area contributed by atoms with Crippen LogP contribution in [0.25, 0.3) is 0 Å². The first-order valence-corrected chi connectivity index (χ1v) is 11.4. The van der Waals surface area contributed by atoms with Gasteiger partial charge in [-0.2, -0.15) is 0 Å². The minimum absolute atomic E-state index is 0.0620. The molecule has 1 N–H and O–H groups in total. The van der Waals surface area contributed by atoms with Crippen molar-refractivity contribution in [3.63, 3.8) is 0 Å². The highest BCUT2D eigenvalue weighted by Gasteiger charge is 2.21. The quantitative estimate of drug-likeness (QED) is 0.625. The Bertz CT molecular complexity index is 793. The van der Waals surface area contributed by atoms with Gasteiger partial charge < -0.3 is 15.0 Å². The van der Waals surface area contributed by atoms with E-state index in [2.05, 4.69) is 48.3 Å². The summed E-state index contributed by atoms with van der Waals surface area (Å²) in [6.45, 7) is 10.7. The van der Waals surface area contributed by atoms with E-state index in [-0.39, 0.29) is 11.9 Å². The van der Waals surface area contributed by atoms with Crippen LogP contribution in [0.5, 0.6) is 5.75 Å². The molecule has 2 aromatic rings. The van der Waals surface area contributed by atoms with Crippen molar-refractivity contribution >= 4 is 11.6 Å². The SMILES string of the molecule is CCc1ccc(O[C@H](CC)C(=O)N[C@@H](C)c2ccc(N3CCC(C)CC3)cc2)cc1. The third-order valence-corrected chi connectivity index (χ3v) is 6.17. The van der Waals surface area contributed by atoms with Crippen LogP contribution >= 0.6 is 0 Å². The molecule has 0 spiro atoms. The van der Waals surface area contributed by atoms with Gasteiger partial charge in [0, 0.05) is 18.8 Å². The number of hydrogen-bond donors (Lipinski definition) is 1. The highest BCUT2D eigenvalue weighted by atomic mass is 16.5. The first-order valence-electron chi connectivity index (χ1n) is 11.4. The third-order valence-electron chi connectivity index (χ3n) is 6.17. The summed E-state index contributed by atoms with van der Waals surface area (Å²) in [6.07, 6.45) is 3.64. The normalized spacial score (nSPS) is 16.7. The van der Waals surface area contributed by atoms with Gasteiger partial charge in [-0.05, 0) is 73.9 Å². The molecule has 2 aromatic carbocycles. The third kappa shape index (κ3) is 5.78. The zero-order chi connectivity index (χ0) is 21.5. The van der Waals surface area contributed by atoms with Crippen LogP contribution in [0.3, 0.4) is 0 Å². The fourth-order valence-corrected chi connectivity index (χ4v) is 3.92. The number of nitrogens with zero attached hydrogens (tertiary/aromatic N) is 1. The number of anilines is 1. The molecule has 1 aliphatic rings. The van der Waals surface area contributed by atoms with Gasteiger partial charge in [0.05, 0.1) is 6.04 Å². The lowest BCUT2D eigenvalue weighted by molar-refractivity contribution is -0.128. The predicted molar refractivity (Wildman–Crippen MR) is 124 cm³/mol. The maximum Gasteiger partial charge on any atom is 0.261 e. The van der Waals surface area contributed by atoms with E-state index in [4.69, 9.17) is 4.74 Å². The Morgan fingerprint density at radius 2 is 1.70 bits per heavy atom. The molecular formula is C26H36N2O2. The topological polar surface area (TPSA) is 41.6 Å². The summed E-state index contributed by atoms with van der Waals surface area (Å²) in [5, 5.41) is 3.12. The molecule has 3 rings (SSSR count). The van der Waals surface area contributed by atoms with Crippen LogP contribution in [0.2, 0.25) is 0 Å². The van der Waals surface area contributed by atoms with E-state index >= 15 is 0 Å². The maximum absolute atomic E-state index is 12.8. The molecule has 1 aliphatic heterocycles. The number of rotatable bonds is 8. The van der Waals surface area contributed by atoms with Crippen molar-refractivity contribution in [3.8, 4) is 5.75 Å². The zero-order valence-electron chi connectivity index (χ0n) is 18.9. The van der Waals surface area contributed by atoms with E-state index < -0.39 is 6.10 Å². The summed E-state index contributed by atoms with van der Waals surface area (Å²) < 4.78 is 5.95. The molecule has 30 heavy (non-hydrogen) atoms. The van der Waals surface area contributed by atoms with Gasteiger partial charge in [-0.15, -0.1) is 0 Å². The molecular weight excluding hydrogens is 372 g/mol. The van der Waals surface area contributed by atoms with Crippen LogP contribution in [0.4, 0.5) is 5.69 Å². The molecule has 0 saturated carbocycles. The molecule has 0 unspecified atom stereocenters. The minimum atomic E-state index is -0.491. The Kier molecular flexibility index (Phi) is 7.78. The summed E-state index contributed by atoms with van der Waals surface area (Å²) in [5.41, 5.74) is 3.64. The van der Waals surface area contributed by atoms with Gasteiger partial charge in [0.25, 0.3) is 5.91 Å². The van der Waals surface area contributed by atoms with Crippen molar-refractivity contribution in [3.05, 3.63) is 59.7 Å². The molecule has 0 aromatic heterocycles. The average molecular weight is 409 g/mol.